The van der Waals surface area contributed by atoms with Crippen LogP contribution in [0.25, 0.3) is 20.9 Å². The van der Waals surface area contributed by atoms with Crippen molar-refractivity contribution in [3.8, 4) is 20.9 Å². The Morgan fingerprint density at radius 2 is 0.938 bits per heavy atom. The Hall–Kier alpha value is -2.59. The smallest absolute Gasteiger partial charge is 0.141 e. The molecule has 0 radical (unpaired) electrons. The van der Waals surface area contributed by atoms with E-state index in [1.165, 1.54) is 50.9 Å². The molecule has 32 heavy (non-hydrogen) atoms. The first-order chi connectivity index (χ1) is 15.6. The number of benzene rings is 3. The highest BCUT2D eigenvalue weighted by atomic mass is 32.2. The molecule has 0 atom stereocenters. The van der Waals surface area contributed by atoms with Crippen LogP contribution in [0.4, 0.5) is 0 Å². The molecule has 0 amide bonds. The molecule has 3 aromatic carbocycles. The van der Waals surface area contributed by atoms with Crippen molar-refractivity contribution in [2.24, 2.45) is 0 Å². The summed E-state index contributed by atoms with van der Waals surface area (Å²) < 4.78 is 1.41. The molecule has 0 aliphatic rings. The minimum absolute atomic E-state index is 0.0953. The van der Waals surface area contributed by atoms with E-state index < -0.39 is 0 Å². The fourth-order valence-electron chi connectivity index (χ4n) is 3.69. The van der Waals surface area contributed by atoms with E-state index in [-0.39, 0.29) is 10.9 Å². The summed E-state index contributed by atoms with van der Waals surface area (Å²) in [5.41, 5.74) is 5.18. The number of rotatable bonds is 5. The van der Waals surface area contributed by atoms with Crippen molar-refractivity contribution >= 4 is 33.6 Å². The summed E-state index contributed by atoms with van der Waals surface area (Å²) in [5.74, 6) is 0. The lowest BCUT2D eigenvalue weighted by Crippen LogP contribution is -2.02. The maximum atomic E-state index is 2.32. The van der Waals surface area contributed by atoms with Gasteiger partial charge < -0.3 is 0 Å². The molecule has 5 aromatic rings. The van der Waals surface area contributed by atoms with Crippen molar-refractivity contribution in [2.75, 3.05) is 0 Å². The van der Waals surface area contributed by atoms with Crippen LogP contribution in [0.3, 0.4) is 0 Å². The first-order valence-electron chi connectivity index (χ1n) is 10.7. The van der Waals surface area contributed by atoms with Gasteiger partial charge in [-0.25, -0.2) is 0 Å². The quantitative estimate of drug-likeness (QED) is 0.225. The molecule has 0 aliphatic heterocycles. The lowest BCUT2D eigenvalue weighted by Gasteiger charge is -2.06. The van der Waals surface area contributed by atoms with Crippen LogP contribution in [-0.2, 0) is 10.9 Å². The van der Waals surface area contributed by atoms with Crippen molar-refractivity contribution in [3.63, 3.8) is 0 Å². The zero-order valence-electron chi connectivity index (χ0n) is 18.5. The molecule has 0 saturated heterocycles. The summed E-state index contributed by atoms with van der Waals surface area (Å²) in [6, 6.07) is 36.1. The Morgan fingerprint density at radius 1 is 0.469 bits per heavy atom. The van der Waals surface area contributed by atoms with Gasteiger partial charge in [0.15, 0.2) is 9.79 Å². The van der Waals surface area contributed by atoms with Crippen LogP contribution >= 0.6 is 22.7 Å². The normalized spacial score (nSPS) is 11.2. The largest absolute Gasteiger partial charge is 0.220 e. The fourth-order valence-corrected chi connectivity index (χ4v) is 8.24. The summed E-state index contributed by atoms with van der Waals surface area (Å²) in [5, 5.41) is 0. The third kappa shape index (κ3) is 4.47. The van der Waals surface area contributed by atoms with Gasteiger partial charge in [-0.15, -0.1) is 11.3 Å². The Morgan fingerprint density at radius 3 is 1.41 bits per heavy atom. The maximum absolute atomic E-state index is 2.32. The predicted octanol–water partition coefficient (Wildman–Crippen LogP) is 9.16. The molecule has 0 nitrogen and oxygen atoms in total. The number of hydrogen-bond donors (Lipinski definition) is 0. The van der Waals surface area contributed by atoms with Gasteiger partial charge in [0.1, 0.15) is 10.9 Å². The molecule has 0 saturated carbocycles. The third-order valence-corrected chi connectivity index (χ3v) is 10.2. The van der Waals surface area contributed by atoms with Crippen molar-refractivity contribution in [1.82, 2.24) is 0 Å². The zero-order valence-corrected chi connectivity index (χ0v) is 20.9. The number of thiophene rings is 2. The molecule has 0 unspecified atom stereocenters. The van der Waals surface area contributed by atoms with Crippen molar-refractivity contribution < 1.29 is 0 Å². The van der Waals surface area contributed by atoms with Crippen LogP contribution in [0.15, 0.2) is 111 Å². The topological polar surface area (TPSA) is 0 Å². The molecule has 0 aliphatic carbocycles. The standard InChI is InChI=1S/C29H25S3/c1-20-4-13-25(14-5-20)32(26-15-6-21(2)7-16-26)29-19-18-28(31-29)24-11-9-23(10-12-24)27-17-8-22(3)30-27/h4-19H,1-3H3/q+1. The molecule has 0 N–H and O–H groups in total. The molecule has 0 spiro atoms. The highest BCUT2D eigenvalue weighted by Gasteiger charge is 2.30. The van der Waals surface area contributed by atoms with Gasteiger partial charge in [0.25, 0.3) is 0 Å². The van der Waals surface area contributed by atoms with Crippen LogP contribution in [0, 0.1) is 20.8 Å². The third-order valence-electron chi connectivity index (χ3n) is 5.49. The van der Waals surface area contributed by atoms with Crippen LogP contribution < -0.4 is 0 Å². The lowest BCUT2D eigenvalue weighted by molar-refractivity contribution is 1.31. The molecular formula is C29H25S3+. The fraction of sp³-hybridized carbons (Fsp3) is 0.103. The van der Waals surface area contributed by atoms with Gasteiger partial charge in [-0.3, -0.25) is 0 Å². The number of aryl methyl sites for hydroxylation is 3. The van der Waals surface area contributed by atoms with E-state index in [2.05, 4.69) is 118 Å². The first kappa shape index (κ1) is 21.3. The van der Waals surface area contributed by atoms with Crippen LogP contribution in [0.2, 0.25) is 0 Å². The average molecular weight is 470 g/mol. The SMILES string of the molecule is Cc1ccc([S+](c2ccc(C)cc2)c2ccc(-c3ccc(-c4ccc(C)s4)cc3)s2)cc1. The predicted molar refractivity (Wildman–Crippen MR) is 142 cm³/mol. The molecular weight excluding hydrogens is 445 g/mol. The van der Waals surface area contributed by atoms with E-state index in [0.717, 1.165) is 0 Å². The lowest BCUT2D eigenvalue weighted by atomic mass is 10.1. The molecule has 0 bridgehead atoms. The molecule has 3 heteroatoms. The minimum Gasteiger partial charge on any atom is -0.141 e. The summed E-state index contributed by atoms with van der Waals surface area (Å²) in [6.45, 7) is 6.46. The summed E-state index contributed by atoms with van der Waals surface area (Å²) in [4.78, 5) is 6.76. The second-order valence-corrected chi connectivity index (χ2v) is 12.7. The highest BCUT2D eigenvalue weighted by molar-refractivity contribution is 7.99. The zero-order chi connectivity index (χ0) is 22.1. The van der Waals surface area contributed by atoms with Gasteiger partial charge in [-0.1, -0.05) is 71.0 Å². The van der Waals surface area contributed by atoms with Gasteiger partial charge in [0.05, 0.1) is 0 Å². The Bertz CT molecular complexity index is 1280. The van der Waals surface area contributed by atoms with Gasteiger partial charge in [0, 0.05) is 20.7 Å². The average Bonchev–Trinajstić information content (AvgIpc) is 3.46. The summed E-state index contributed by atoms with van der Waals surface area (Å²) in [6.07, 6.45) is 0. The van der Waals surface area contributed by atoms with Gasteiger partial charge in [-0.2, -0.15) is 0 Å². The van der Waals surface area contributed by atoms with Crippen molar-refractivity contribution in [1.29, 1.82) is 0 Å². The van der Waals surface area contributed by atoms with E-state index in [4.69, 9.17) is 0 Å². The van der Waals surface area contributed by atoms with E-state index in [1.807, 2.05) is 22.7 Å². The van der Waals surface area contributed by atoms with Gasteiger partial charge in [0.2, 0.25) is 4.21 Å². The Labute approximate surface area is 201 Å². The van der Waals surface area contributed by atoms with Gasteiger partial charge in [-0.05, 0) is 74.4 Å². The molecule has 158 valence electrons. The van der Waals surface area contributed by atoms with E-state index in [0.29, 0.717) is 0 Å². The van der Waals surface area contributed by atoms with E-state index in [1.54, 1.807) is 0 Å². The maximum Gasteiger partial charge on any atom is 0.220 e. The number of hydrogen-bond acceptors (Lipinski definition) is 2. The Kier molecular flexibility index (Phi) is 6.05. The van der Waals surface area contributed by atoms with Gasteiger partial charge >= 0.3 is 0 Å². The van der Waals surface area contributed by atoms with Crippen molar-refractivity contribution in [2.45, 2.75) is 34.8 Å². The monoisotopic (exact) mass is 469 g/mol. The molecule has 5 rings (SSSR count). The van der Waals surface area contributed by atoms with Crippen LogP contribution in [-0.4, -0.2) is 0 Å². The summed E-state index contributed by atoms with van der Waals surface area (Å²) in [7, 11) is -0.0953. The highest BCUT2D eigenvalue weighted by Crippen LogP contribution is 2.39. The first-order valence-corrected chi connectivity index (χ1v) is 13.6. The van der Waals surface area contributed by atoms with E-state index in [9.17, 15) is 0 Å². The summed E-state index contributed by atoms with van der Waals surface area (Å²) >= 11 is 3.76. The van der Waals surface area contributed by atoms with Crippen LogP contribution in [0.5, 0.6) is 0 Å². The minimum atomic E-state index is -0.0953. The molecule has 2 aromatic heterocycles. The van der Waals surface area contributed by atoms with Crippen molar-refractivity contribution in [3.05, 3.63) is 113 Å². The van der Waals surface area contributed by atoms with Crippen LogP contribution in [0.1, 0.15) is 16.0 Å². The Balaban J connectivity index is 1.49. The van der Waals surface area contributed by atoms with E-state index >= 15 is 0 Å². The molecule has 0 fully saturated rings. The second-order valence-electron chi connectivity index (χ2n) is 8.04. The second kappa shape index (κ2) is 9.11. The molecule has 2 heterocycles.